The average molecular weight is 344 g/mol. The van der Waals surface area contributed by atoms with Crippen LogP contribution in [0.5, 0.6) is 5.75 Å². The third-order valence-corrected chi connectivity index (χ3v) is 3.17. The highest BCUT2D eigenvalue weighted by molar-refractivity contribution is 5.55. The summed E-state index contributed by atoms with van der Waals surface area (Å²) in [5.74, 6) is 0.492. The lowest BCUT2D eigenvalue weighted by atomic mass is 10.2. The molecule has 0 fully saturated rings. The summed E-state index contributed by atoms with van der Waals surface area (Å²) in [6.45, 7) is 0.0678. The number of aryl methyl sites for hydroxylation is 1. The fourth-order valence-corrected chi connectivity index (χ4v) is 1.88. The molecule has 0 atom stereocenters. The summed E-state index contributed by atoms with van der Waals surface area (Å²) >= 11 is 0. The number of hydrogen-bond donors (Lipinski definition) is 1. The second kappa shape index (κ2) is 7.43. The maximum atomic E-state index is 12.5. The van der Waals surface area contributed by atoms with E-state index in [1.165, 1.54) is 7.05 Å². The fourth-order valence-electron chi connectivity index (χ4n) is 1.88. The third-order valence-electron chi connectivity index (χ3n) is 3.17. The van der Waals surface area contributed by atoms with Gasteiger partial charge in [0, 0.05) is 24.7 Å². The molecule has 0 bridgehead atoms. The predicted octanol–water partition coefficient (Wildman–Crippen LogP) is 2.78. The first-order chi connectivity index (χ1) is 11.3. The monoisotopic (exact) mass is 344 g/mol. The van der Waals surface area contributed by atoms with E-state index in [1.807, 2.05) is 0 Å². The highest BCUT2D eigenvalue weighted by Gasteiger charge is 2.30. The molecule has 0 aliphatic carbocycles. The summed E-state index contributed by atoms with van der Waals surface area (Å²) in [5, 5.41) is 3.98. The van der Waals surface area contributed by atoms with Crippen molar-refractivity contribution >= 4 is 0 Å². The van der Waals surface area contributed by atoms with Gasteiger partial charge in [-0.3, -0.25) is 4.68 Å². The van der Waals surface area contributed by atoms with Gasteiger partial charge in [-0.15, -0.1) is 0 Å². The Bertz CT molecular complexity index is 707. The zero-order valence-corrected chi connectivity index (χ0v) is 12.8. The molecule has 0 spiro atoms. The second-order valence-electron chi connectivity index (χ2n) is 5.05. The minimum Gasteiger partial charge on any atom is -0.489 e. The summed E-state index contributed by atoms with van der Waals surface area (Å²) < 4.78 is 56.2. The molecule has 2 rings (SSSR count). The molecule has 2 N–H and O–H groups in total. The van der Waals surface area contributed by atoms with E-state index in [9.17, 15) is 17.6 Å². The van der Waals surface area contributed by atoms with Gasteiger partial charge in [0.25, 0.3) is 0 Å². The van der Waals surface area contributed by atoms with Gasteiger partial charge in [-0.05, 0) is 24.3 Å². The van der Waals surface area contributed by atoms with E-state index in [0.29, 0.717) is 23.2 Å². The van der Waals surface area contributed by atoms with E-state index in [-0.39, 0.29) is 24.8 Å². The first-order valence-electron chi connectivity index (χ1n) is 7.00. The molecule has 0 aliphatic rings. The molecule has 1 aromatic heterocycles. The zero-order chi connectivity index (χ0) is 17.7. The summed E-state index contributed by atoms with van der Waals surface area (Å²) in [6.07, 6.45) is -5.09. The molecular formula is C15H16F4N4O. The van der Waals surface area contributed by atoms with Crippen LogP contribution in [0.1, 0.15) is 5.82 Å². The van der Waals surface area contributed by atoms with Crippen LogP contribution < -0.4 is 10.5 Å². The van der Waals surface area contributed by atoms with Crippen molar-refractivity contribution in [3.8, 4) is 17.1 Å². The van der Waals surface area contributed by atoms with Crippen molar-refractivity contribution in [1.29, 1.82) is 0 Å². The number of hydrogen-bond acceptors (Lipinski definition) is 4. The lowest BCUT2D eigenvalue weighted by molar-refractivity contribution is -0.129. The fraction of sp³-hybridized carbons (Fsp3) is 0.333. The molecule has 1 aromatic carbocycles. The summed E-state index contributed by atoms with van der Waals surface area (Å²) in [4.78, 5) is 3.91. The van der Waals surface area contributed by atoms with Crippen molar-refractivity contribution in [2.24, 2.45) is 12.8 Å². The quantitative estimate of drug-likeness (QED) is 0.819. The van der Waals surface area contributed by atoms with Crippen LogP contribution in [0.3, 0.4) is 0 Å². The smallest absolute Gasteiger partial charge is 0.396 e. The van der Waals surface area contributed by atoms with Gasteiger partial charge in [-0.25, -0.2) is 9.37 Å². The van der Waals surface area contributed by atoms with Gasteiger partial charge in [0.1, 0.15) is 24.6 Å². The van der Waals surface area contributed by atoms with Gasteiger partial charge < -0.3 is 10.5 Å². The minimum absolute atomic E-state index is 0.0178. The molecular weight excluding hydrogens is 328 g/mol. The van der Waals surface area contributed by atoms with E-state index in [2.05, 4.69) is 10.1 Å². The summed E-state index contributed by atoms with van der Waals surface area (Å²) in [6, 6.07) is 6.43. The van der Waals surface area contributed by atoms with Crippen LogP contribution in [-0.2, 0) is 13.5 Å². The molecule has 130 valence electrons. The Balaban J connectivity index is 2.09. The van der Waals surface area contributed by atoms with E-state index >= 15 is 0 Å². The molecule has 0 aliphatic heterocycles. The average Bonchev–Trinajstić information content (AvgIpc) is 2.88. The van der Waals surface area contributed by atoms with Crippen LogP contribution in [0.4, 0.5) is 17.6 Å². The number of aromatic nitrogens is 3. The maximum Gasteiger partial charge on any atom is 0.396 e. The molecule has 0 unspecified atom stereocenters. The number of rotatable bonds is 6. The molecule has 0 amide bonds. The first-order valence-corrected chi connectivity index (χ1v) is 7.00. The van der Waals surface area contributed by atoms with Gasteiger partial charge in [-0.1, -0.05) is 0 Å². The van der Waals surface area contributed by atoms with Gasteiger partial charge in [0.15, 0.2) is 5.82 Å². The highest BCUT2D eigenvalue weighted by Crippen LogP contribution is 2.23. The molecule has 0 radical (unpaired) electrons. The van der Waals surface area contributed by atoms with Crippen LogP contribution in [-0.4, -0.2) is 34.1 Å². The van der Waals surface area contributed by atoms with Gasteiger partial charge >= 0.3 is 6.18 Å². The summed E-state index contributed by atoms with van der Waals surface area (Å²) in [5.41, 5.74) is 6.18. The van der Waals surface area contributed by atoms with Crippen LogP contribution >= 0.6 is 0 Å². The normalized spacial score (nSPS) is 12.5. The largest absolute Gasteiger partial charge is 0.489 e. The number of alkyl halides is 3. The molecule has 1 heterocycles. The second-order valence-corrected chi connectivity index (χ2v) is 5.05. The van der Waals surface area contributed by atoms with Crippen LogP contribution in [0.2, 0.25) is 0 Å². The first kappa shape index (κ1) is 17.9. The predicted molar refractivity (Wildman–Crippen MR) is 79.9 cm³/mol. The van der Waals surface area contributed by atoms with Crippen molar-refractivity contribution in [1.82, 2.24) is 14.8 Å². The Morgan fingerprint density at radius 1 is 1.29 bits per heavy atom. The van der Waals surface area contributed by atoms with E-state index in [4.69, 9.17) is 10.5 Å². The van der Waals surface area contributed by atoms with E-state index in [1.54, 1.807) is 24.3 Å². The van der Waals surface area contributed by atoms with Gasteiger partial charge in [0.05, 0.1) is 6.33 Å². The Morgan fingerprint density at radius 3 is 2.50 bits per heavy atom. The Morgan fingerprint density at radius 2 is 1.96 bits per heavy atom. The number of benzene rings is 1. The number of ether oxygens (including phenoxy) is 1. The van der Waals surface area contributed by atoms with E-state index < -0.39 is 12.6 Å². The topological polar surface area (TPSA) is 66.0 Å². The van der Waals surface area contributed by atoms with Crippen LogP contribution in [0, 0.1) is 0 Å². The minimum atomic E-state index is -4.35. The molecule has 2 aromatic rings. The zero-order valence-electron chi connectivity index (χ0n) is 12.8. The summed E-state index contributed by atoms with van der Waals surface area (Å²) in [7, 11) is 1.41. The third kappa shape index (κ3) is 4.79. The standard InChI is InChI=1S/C15H16F4N4O/c1-23-13(6-15(17,18)19)21-14(22-23)11-2-4-12(5-3-11)24-9-10(7-16)8-20/h2-5,7H,6,8-9,20H2,1H3/b10-7+. The number of nitrogens with two attached hydrogens (primary N) is 1. The van der Waals surface area contributed by atoms with Gasteiger partial charge in [0.2, 0.25) is 0 Å². The SMILES string of the molecule is Cn1nc(-c2ccc(OC/C(=C/F)CN)cc2)nc1CC(F)(F)F. The van der Waals surface area contributed by atoms with Crippen molar-refractivity contribution in [2.75, 3.05) is 13.2 Å². The Kier molecular flexibility index (Phi) is 5.55. The van der Waals surface area contributed by atoms with Crippen molar-refractivity contribution in [2.45, 2.75) is 12.6 Å². The highest BCUT2D eigenvalue weighted by atomic mass is 19.4. The lowest BCUT2D eigenvalue weighted by Crippen LogP contribution is -2.15. The van der Waals surface area contributed by atoms with Crippen molar-refractivity contribution < 1.29 is 22.3 Å². The number of nitrogens with zero attached hydrogens (tertiary/aromatic N) is 3. The van der Waals surface area contributed by atoms with Crippen molar-refractivity contribution in [3.05, 3.63) is 42.0 Å². The molecule has 24 heavy (non-hydrogen) atoms. The van der Waals surface area contributed by atoms with Crippen LogP contribution in [0.25, 0.3) is 11.4 Å². The van der Waals surface area contributed by atoms with E-state index in [0.717, 1.165) is 4.68 Å². The lowest BCUT2D eigenvalue weighted by Gasteiger charge is -2.07. The Hall–Kier alpha value is -2.42. The molecule has 5 nitrogen and oxygen atoms in total. The molecule has 0 saturated carbocycles. The van der Waals surface area contributed by atoms with Gasteiger partial charge in [-0.2, -0.15) is 18.3 Å². The maximum absolute atomic E-state index is 12.5. The number of halogens is 4. The Labute approximate surface area is 135 Å². The molecule has 0 saturated heterocycles. The van der Waals surface area contributed by atoms with Crippen molar-refractivity contribution in [3.63, 3.8) is 0 Å². The molecule has 9 heteroatoms. The van der Waals surface area contributed by atoms with Crippen LogP contribution in [0.15, 0.2) is 36.2 Å².